The normalized spacial score (nSPS) is 16.4. The minimum absolute atomic E-state index is 0.110. The van der Waals surface area contributed by atoms with Crippen molar-refractivity contribution in [3.8, 4) is 0 Å². The van der Waals surface area contributed by atoms with E-state index in [0.29, 0.717) is 5.02 Å². The van der Waals surface area contributed by atoms with Crippen LogP contribution in [0.2, 0.25) is 5.02 Å². The van der Waals surface area contributed by atoms with E-state index in [2.05, 4.69) is 0 Å². The molecule has 0 atom stereocenters. The van der Waals surface area contributed by atoms with E-state index in [-0.39, 0.29) is 36.8 Å². The van der Waals surface area contributed by atoms with Crippen LogP contribution in [0, 0.1) is 11.6 Å². The lowest BCUT2D eigenvalue weighted by Crippen LogP contribution is -2.49. The number of benzene rings is 2. The van der Waals surface area contributed by atoms with Gasteiger partial charge < -0.3 is 4.90 Å². The summed E-state index contributed by atoms with van der Waals surface area (Å²) in [5.74, 6) is -1.30. The zero-order chi connectivity index (χ0) is 17.3. The number of anilines is 1. The van der Waals surface area contributed by atoms with Gasteiger partial charge in [-0.25, -0.2) is 17.2 Å². The van der Waals surface area contributed by atoms with Crippen LogP contribution in [0.1, 0.15) is 0 Å². The maximum atomic E-state index is 13.8. The van der Waals surface area contributed by atoms with Crippen molar-refractivity contribution < 1.29 is 17.2 Å². The molecule has 1 aliphatic heterocycles. The van der Waals surface area contributed by atoms with Crippen LogP contribution in [-0.2, 0) is 10.0 Å². The number of halogens is 3. The Bertz CT molecular complexity index is 815. The molecule has 0 saturated carbocycles. The Balaban J connectivity index is 1.76. The predicted molar refractivity (Wildman–Crippen MR) is 88.8 cm³/mol. The van der Waals surface area contributed by atoms with Gasteiger partial charge in [0.25, 0.3) is 0 Å². The Kier molecular flexibility index (Phi) is 4.76. The summed E-state index contributed by atoms with van der Waals surface area (Å²) in [7, 11) is -3.64. The average molecular weight is 373 g/mol. The van der Waals surface area contributed by atoms with Crippen molar-refractivity contribution in [3.05, 3.63) is 59.1 Å². The van der Waals surface area contributed by atoms with E-state index >= 15 is 0 Å². The number of hydrogen-bond donors (Lipinski definition) is 0. The standard InChI is InChI=1S/C16H15ClF2N2O2S/c17-12-4-6-13(7-5-12)24(22,23)21-10-8-20(9-11-21)16-14(18)2-1-3-15(16)19/h1-7H,8-11H2. The molecule has 0 radical (unpaired) electrons. The van der Waals surface area contributed by atoms with Gasteiger partial charge in [-0.1, -0.05) is 17.7 Å². The SMILES string of the molecule is O=S(=O)(c1ccc(Cl)cc1)N1CCN(c2c(F)cccc2F)CC1. The average Bonchev–Trinajstić information content (AvgIpc) is 2.55. The van der Waals surface area contributed by atoms with Crippen LogP contribution in [0.5, 0.6) is 0 Å². The summed E-state index contributed by atoms with van der Waals surface area (Å²) < 4.78 is 54.2. The maximum absolute atomic E-state index is 13.8. The molecule has 2 aromatic carbocycles. The first-order valence-electron chi connectivity index (χ1n) is 7.34. The lowest BCUT2D eigenvalue weighted by Gasteiger charge is -2.35. The van der Waals surface area contributed by atoms with Gasteiger partial charge in [0.05, 0.1) is 4.90 Å². The molecule has 0 spiro atoms. The fraction of sp³-hybridized carbons (Fsp3) is 0.250. The van der Waals surface area contributed by atoms with Crippen molar-refractivity contribution in [1.82, 2.24) is 4.31 Å². The molecule has 1 saturated heterocycles. The lowest BCUT2D eigenvalue weighted by atomic mass is 10.2. The van der Waals surface area contributed by atoms with E-state index < -0.39 is 21.7 Å². The second-order valence-electron chi connectivity index (χ2n) is 5.42. The zero-order valence-electron chi connectivity index (χ0n) is 12.6. The van der Waals surface area contributed by atoms with Crippen LogP contribution in [-0.4, -0.2) is 38.9 Å². The zero-order valence-corrected chi connectivity index (χ0v) is 14.2. The van der Waals surface area contributed by atoms with E-state index in [1.54, 1.807) is 0 Å². The summed E-state index contributed by atoms with van der Waals surface area (Å²) in [6, 6.07) is 9.60. The second-order valence-corrected chi connectivity index (χ2v) is 7.79. The van der Waals surface area contributed by atoms with E-state index in [0.717, 1.165) is 0 Å². The lowest BCUT2D eigenvalue weighted by molar-refractivity contribution is 0.381. The largest absolute Gasteiger partial charge is 0.364 e. The molecule has 1 fully saturated rings. The van der Waals surface area contributed by atoms with Crippen LogP contribution < -0.4 is 4.90 Å². The number of piperazine rings is 1. The molecule has 0 amide bonds. The van der Waals surface area contributed by atoms with Crippen molar-refractivity contribution in [1.29, 1.82) is 0 Å². The van der Waals surface area contributed by atoms with Gasteiger partial charge in [-0.05, 0) is 36.4 Å². The fourth-order valence-electron chi connectivity index (χ4n) is 2.70. The molecular weight excluding hydrogens is 358 g/mol. The maximum Gasteiger partial charge on any atom is 0.243 e. The molecule has 4 nitrogen and oxygen atoms in total. The highest BCUT2D eigenvalue weighted by atomic mass is 35.5. The summed E-state index contributed by atoms with van der Waals surface area (Å²) in [6.07, 6.45) is 0. The van der Waals surface area contributed by atoms with Gasteiger partial charge in [0, 0.05) is 31.2 Å². The highest BCUT2D eigenvalue weighted by Crippen LogP contribution is 2.26. The Labute approximate surface area is 144 Å². The topological polar surface area (TPSA) is 40.6 Å². The minimum atomic E-state index is -3.64. The smallest absolute Gasteiger partial charge is 0.243 e. The molecule has 2 aromatic rings. The Morgan fingerprint density at radius 2 is 1.42 bits per heavy atom. The third kappa shape index (κ3) is 3.24. The summed E-state index contributed by atoms with van der Waals surface area (Å²) >= 11 is 5.78. The van der Waals surface area contributed by atoms with Gasteiger partial charge in [0.15, 0.2) is 0 Å². The number of para-hydroxylation sites is 1. The van der Waals surface area contributed by atoms with Crippen molar-refractivity contribution in [2.75, 3.05) is 31.1 Å². The molecule has 128 valence electrons. The van der Waals surface area contributed by atoms with Crippen molar-refractivity contribution in [2.24, 2.45) is 0 Å². The molecule has 8 heteroatoms. The van der Waals surface area contributed by atoms with Gasteiger partial charge >= 0.3 is 0 Å². The molecule has 0 aliphatic carbocycles. The van der Waals surface area contributed by atoms with Gasteiger partial charge in [-0.3, -0.25) is 0 Å². The van der Waals surface area contributed by atoms with E-state index in [9.17, 15) is 17.2 Å². The van der Waals surface area contributed by atoms with Crippen LogP contribution in [0.4, 0.5) is 14.5 Å². The van der Waals surface area contributed by atoms with Gasteiger partial charge in [0.2, 0.25) is 10.0 Å². The molecule has 0 aromatic heterocycles. The van der Waals surface area contributed by atoms with Gasteiger partial charge in [0.1, 0.15) is 17.3 Å². The highest BCUT2D eigenvalue weighted by Gasteiger charge is 2.30. The van der Waals surface area contributed by atoms with Crippen LogP contribution in [0.3, 0.4) is 0 Å². The molecule has 0 unspecified atom stereocenters. The summed E-state index contributed by atoms with van der Waals surface area (Å²) in [5, 5.41) is 0.453. The highest BCUT2D eigenvalue weighted by molar-refractivity contribution is 7.89. The summed E-state index contributed by atoms with van der Waals surface area (Å²) in [5.41, 5.74) is -0.110. The van der Waals surface area contributed by atoms with Gasteiger partial charge in [-0.15, -0.1) is 0 Å². The number of nitrogens with zero attached hydrogens (tertiary/aromatic N) is 2. The van der Waals surface area contributed by atoms with Crippen LogP contribution in [0.25, 0.3) is 0 Å². The number of sulfonamides is 1. The first-order chi connectivity index (χ1) is 11.4. The number of rotatable bonds is 3. The second kappa shape index (κ2) is 6.66. The van der Waals surface area contributed by atoms with Crippen LogP contribution in [0.15, 0.2) is 47.4 Å². The molecule has 3 rings (SSSR count). The van der Waals surface area contributed by atoms with Crippen LogP contribution >= 0.6 is 11.6 Å². The quantitative estimate of drug-likeness (QED) is 0.831. The molecule has 1 aliphatic rings. The molecule has 0 N–H and O–H groups in total. The fourth-order valence-corrected chi connectivity index (χ4v) is 4.25. The van der Waals surface area contributed by atoms with E-state index in [4.69, 9.17) is 11.6 Å². The van der Waals surface area contributed by atoms with E-state index in [1.807, 2.05) is 0 Å². The van der Waals surface area contributed by atoms with Gasteiger partial charge in [-0.2, -0.15) is 4.31 Å². The number of hydrogen-bond acceptors (Lipinski definition) is 3. The Morgan fingerprint density at radius 3 is 1.96 bits per heavy atom. The van der Waals surface area contributed by atoms with Crippen molar-refractivity contribution >= 4 is 27.3 Å². The predicted octanol–water partition coefficient (Wildman–Crippen LogP) is 3.13. The monoisotopic (exact) mass is 372 g/mol. The molecule has 0 bridgehead atoms. The molecular formula is C16H15ClF2N2O2S. The first kappa shape index (κ1) is 17.1. The van der Waals surface area contributed by atoms with E-state index in [1.165, 1.54) is 51.7 Å². The Morgan fingerprint density at radius 1 is 0.875 bits per heavy atom. The summed E-state index contributed by atoms with van der Waals surface area (Å²) in [6.45, 7) is 0.729. The minimum Gasteiger partial charge on any atom is -0.364 e. The third-order valence-corrected chi connectivity index (χ3v) is 6.11. The Hall–Kier alpha value is -1.70. The van der Waals surface area contributed by atoms with Crippen molar-refractivity contribution in [2.45, 2.75) is 4.90 Å². The van der Waals surface area contributed by atoms with Crippen molar-refractivity contribution in [3.63, 3.8) is 0 Å². The first-order valence-corrected chi connectivity index (χ1v) is 9.16. The summed E-state index contributed by atoms with van der Waals surface area (Å²) in [4.78, 5) is 1.68. The third-order valence-electron chi connectivity index (χ3n) is 3.94. The molecule has 1 heterocycles. The molecule has 24 heavy (non-hydrogen) atoms.